The largest absolute Gasteiger partial charge is 0.143 e. The van der Waals surface area contributed by atoms with E-state index < -0.39 is 10.8 Å². The molecule has 7 aromatic rings. The number of fused-ring (bicyclic) bond motifs is 6. The molecule has 2 heterocycles. The number of benzene rings is 5. The van der Waals surface area contributed by atoms with Crippen LogP contribution in [0, 0.1) is 0 Å². The van der Waals surface area contributed by atoms with Crippen LogP contribution in [0.5, 0.6) is 0 Å². The third kappa shape index (κ3) is 6.03. The number of alkyl halides is 1. The van der Waals surface area contributed by atoms with Crippen LogP contribution >= 0.6 is 45.3 Å². The lowest BCUT2D eigenvalue weighted by atomic mass is 9.66. The molecule has 0 saturated carbocycles. The molecule has 5 aromatic carbocycles. The zero-order chi connectivity index (χ0) is 37.4. The molecule has 0 N–H and O–H groups in total. The van der Waals surface area contributed by atoms with Gasteiger partial charge in [-0.25, -0.2) is 0 Å². The fourth-order valence-corrected chi connectivity index (χ4v) is 12.6. The molecule has 3 unspecified atom stereocenters. The lowest BCUT2D eigenvalue weighted by Crippen LogP contribution is -2.29. The van der Waals surface area contributed by atoms with E-state index in [9.17, 15) is 0 Å². The number of aryl methyl sites for hydroxylation is 1. The number of rotatable bonds is 14. The Balaban J connectivity index is 1.25. The summed E-state index contributed by atoms with van der Waals surface area (Å²) >= 11 is 6.47. The van der Waals surface area contributed by atoms with Gasteiger partial charge in [-0.1, -0.05) is 184 Å². The van der Waals surface area contributed by atoms with Crippen LogP contribution in [0.25, 0.3) is 20.9 Å². The Morgan fingerprint density at radius 3 is 1.47 bits per heavy atom. The van der Waals surface area contributed by atoms with Crippen LogP contribution in [-0.2, 0) is 17.3 Å². The Morgan fingerprint density at radius 1 is 0.491 bits per heavy atom. The Labute approximate surface area is 349 Å². The average Bonchev–Trinajstić information content (AvgIpc) is 4.02. The second-order valence-corrected chi connectivity index (χ2v) is 18.9. The minimum Gasteiger partial charge on any atom is -0.143 e. The van der Waals surface area contributed by atoms with Gasteiger partial charge >= 0.3 is 0 Å². The predicted molar refractivity (Wildman–Crippen MR) is 246 cm³/mol. The van der Waals surface area contributed by atoms with Crippen molar-refractivity contribution in [2.45, 2.75) is 86.4 Å². The molecule has 276 valence electrons. The average molecular weight is 865 g/mol. The van der Waals surface area contributed by atoms with Gasteiger partial charge in [0.15, 0.2) is 0 Å². The summed E-state index contributed by atoms with van der Waals surface area (Å²) in [4.78, 5) is 2.80. The van der Waals surface area contributed by atoms with E-state index >= 15 is 0 Å². The van der Waals surface area contributed by atoms with Gasteiger partial charge < -0.3 is 0 Å². The fourth-order valence-electron chi connectivity index (χ4n) is 9.83. The second kappa shape index (κ2) is 15.6. The summed E-state index contributed by atoms with van der Waals surface area (Å²) in [6.45, 7) is 4.58. The van der Waals surface area contributed by atoms with Crippen molar-refractivity contribution in [3.63, 3.8) is 0 Å². The molecule has 0 bridgehead atoms. The highest BCUT2D eigenvalue weighted by atomic mass is 127. The van der Waals surface area contributed by atoms with Crippen molar-refractivity contribution in [3.05, 3.63) is 200 Å². The summed E-state index contributed by atoms with van der Waals surface area (Å²) in [5.41, 5.74) is 15.9. The molecule has 0 spiro atoms. The number of hydrogen-bond acceptors (Lipinski definition) is 2. The maximum atomic E-state index is 2.67. The van der Waals surface area contributed by atoms with Gasteiger partial charge in [0.05, 0.1) is 10.8 Å². The molecule has 2 aliphatic rings. The molecule has 2 aliphatic carbocycles. The summed E-state index contributed by atoms with van der Waals surface area (Å²) in [5, 5.41) is 4.64. The zero-order valence-corrected chi connectivity index (χ0v) is 35.8. The molecule has 0 saturated heterocycles. The lowest BCUT2D eigenvalue weighted by Gasteiger charge is -2.35. The van der Waals surface area contributed by atoms with Gasteiger partial charge in [0, 0.05) is 13.7 Å². The highest BCUT2D eigenvalue weighted by molar-refractivity contribution is 14.1. The normalized spacial score (nSPS) is 18.5. The van der Waals surface area contributed by atoms with Crippen molar-refractivity contribution >= 4 is 45.3 Å². The quantitative estimate of drug-likeness (QED) is 0.0580. The van der Waals surface area contributed by atoms with E-state index in [1.807, 2.05) is 22.7 Å². The van der Waals surface area contributed by atoms with E-state index in [0.717, 1.165) is 6.42 Å². The fraction of sp³-hybridized carbons (Fsp3) is 0.269. The molecule has 3 heteroatoms. The summed E-state index contributed by atoms with van der Waals surface area (Å²) < 4.78 is 0.528. The summed E-state index contributed by atoms with van der Waals surface area (Å²) in [5.74, 6) is 0. The van der Waals surface area contributed by atoms with Crippen LogP contribution < -0.4 is 0 Å². The third-order valence-electron chi connectivity index (χ3n) is 12.5. The van der Waals surface area contributed by atoms with Crippen LogP contribution in [0.2, 0.25) is 0 Å². The maximum Gasteiger partial charge on any atom is 0.0722 e. The molecular formula is C52H49IS2. The number of halogens is 1. The van der Waals surface area contributed by atoms with Crippen molar-refractivity contribution in [2.24, 2.45) is 0 Å². The number of thiophene rings is 2. The van der Waals surface area contributed by atoms with Gasteiger partial charge in [-0.3, -0.25) is 0 Å². The van der Waals surface area contributed by atoms with E-state index in [-0.39, 0.29) is 0 Å². The van der Waals surface area contributed by atoms with Gasteiger partial charge in [0.25, 0.3) is 0 Å². The molecule has 0 nitrogen and oxygen atoms in total. The summed E-state index contributed by atoms with van der Waals surface area (Å²) in [6.07, 6.45) is 11.4. The lowest BCUT2D eigenvalue weighted by molar-refractivity contribution is 0.666. The van der Waals surface area contributed by atoms with Crippen molar-refractivity contribution in [1.29, 1.82) is 0 Å². The first-order chi connectivity index (χ1) is 27.1. The van der Waals surface area contributed by atoms with Crippen LogP contribution in [0.4, 0.5) is 0 Å². The summed E-state index contributed by atoms with van der Waals surface area (Å²) in [6, 6.07) is 52.2. The van der Waals surface area contributed by atoms with Crippen molar-refractivity contribution < 1.29 is 0 Å². The van der Waals surface area contributed by atoms with E-state index in [1.165, 1.54) is 128 Å². The van der Waals surface area contributed by atoms with Crippen LogP contribution in [0.3, 0.4) is 0 Å². The van der Waals surface area contributed by atoms with Crippen LogP contribution in [0.1, 0.15) is 125 Å². The minimum atomic E-state index is -0.405. The topological polar surface area (TPSA) is 0 Å². The van der Waals surface area contributed by atoms with Crippen molar-refractivity contribution in [1.82, 2.24) is 0 Å². The molecule has 0 aliphatic heterocycles. The van der Waals surface area contributed by atoms with E-state index in [0.29, 0.717) is 3.92 Å². The zero-order valence-electron chi connectivity index (χ0n) is 32.0. The number of hydrogen-bond donors (Lipinski definition) is 0. The predicted octanol–water partition coefficient (Wildman–Crippen LogP) is 15.7. The molecular weight excluding hydrogens is 816 g/mol. The summed E-state index contributed by atoms with van der Waals surface area (Å²) in [7, 11) is 0. The smallest absolute Gasteiger partial charge is 0.0722 e. The van der Waals surface area contributed by atoms with Crippen LogP contribution in [-0.4, -0.2) is 0 Å². The molecule has 55 heavy (non-hydrogen) atoms. The SMILES string of the molecule is CCCCCCc1ccc(C2(c3ccccc3)c3cc4c(cc3-c3sccc32)C(c2ccccc2)(c2ccc(C(I)CCCCC)cc2)c2ccsc2-4)cc1. The Kier molecular flexibility index (Phi) is 10.5. The monoisotopic (exact) mass is 864 g/mol. The van der Waals surface area contributed by atoms with Gasteiger partial charge in [-0.15, -0.1) is 22.7 Å². The van der Waals surface area contributed by atoms with Gasteiger partial charge in [-0.2, -0.15) is 0 Å². The molecule has 2 aromatic heterocycles. The Hall–Kier alpha value is -3.77. The van der Waals surface area contributed by atoms with Crippen LogP contribution in [0.15, 0.2) is 144 Å². The Morgan fingerprint density at radius 2 is 0.964 bits per heavy atom. The Bertz CT molecular complexity index is 2380. The second-order valence-electron chi connectivity index (χ2n) is 15.6. The first kappa shape index (κ1) is 36.8. The van der Waals surface area contributed by atoms with E-state index in [4.69, 9.17) is 0 Å². The molecule has 3 atom stereocenters. The number of unbranched alkanes of at least 4 members (excludes halogenated alkanes) is 5. The van der Waals surface area contributed by atoms with E-state index in [1.54, 1.807) is 0 Å². The first-order valence-electron chi connectivity index (χ1n) is 20.4. The van der Waals surface area contributed by atoms with Crippen molar-refractivity contribution in [3.8, 4) is 20.9 Å². The van der Waals surface area contributed by atoms with Gasteiger partial charge in [0.2, 0.25) is 0 Å². The highest BCUT2D eigenvalue weighted by Gasteiger charge is 2.52. The van der Waals surface area contributed by atoms with Crippen molar-refractivity contribution in [2.75, 3.05) is 0 Å². The molecule has 0 radical (unpaired) electrons. The third-order valence-corrected chi connectivity index (χ3v) is 15.7. The first-order valence-corrected chi connectivity index (χ1v) is 23.4. The minimum absolute atomic E-state index is 0.397. The molecule has 0 amide bonds. The van der Waals surface area contributed by atoms with Gasteiger partial charge in [0.1, 0.15) is 0 Å². The highest BCUT2D eigenvalue weighted by Crippen LogP contribution is 2.64. The van der Waals surface area contributed by atoms with E-state index in [2.05, 4.69) is 181 Å². The standard InChI is InChI=1S/C52H49IS2/c1-3-5-7-11-16-36-22-26-40(27-23-36)51(38-17-12-8-13-18-38)44-30-32-54-49(44)42-35-47-43(34-46(42)51)50-45(31-33-55-50)52(47,39-19-14-9-15-20-39)41-28-24-37(25-29-41)48(53)21-10-6-4-2/h8-9,12-15,17-20,22-35,48H,3-7,10-11,16,21H2,1-2H3. The van der Waals surface area contributed by atoms with Gasteiger partial charge in [-0.05, 0) is 121 Å². The molecule has 0 fully saturated rings. The maximum absolute atomic E-state index is 2.67. The molecule has 9 rings (SSSR count).